The zero-order valence-corrected chi connectivity index (χ0v) is 12.5. The van der Waals surface area contributed by atoms with Gasteiger partial charge in [-0.15, -0.1) is 5.10 Å². The summed E-state index contributed by atoms with van der Waals surface area (Å²) in [5.41, 5.74) is 6.40. The minimum Gasteiger partial charge on any atom is -0.330 e. The SMILES string of the molecule is Cc1nc(-c2nc(C3(N)CCC3)no2)nn1-c1ccc(F)cc1. The van der Waals surface area contributed by atoms with Crippen molar-refractivity contribution in [2.24, 2.45) is 5.73 Å². The topological polar surface area (TPSA) is 95.7 Å². The van der Waals surface area contributed by atoms with Crippen LogP contribution in [0.5, 0.6) is 0 Å². The third kappa shape index (κ3) is 2.31. The summed E-state index contributed by atoms with van der Waals surface area (Å²) in [6, 6.07) is 6.00. The number of hydrogen-bond acceptors (Lipinski definition) is 6. The average Bonchev–Trinajstić information content (AvgIpc) is 3.13. The van der Waals surface area contributed by atoms with Gasteiger partial charge < -0.3 is 10.3 Å². The fourth-order valence-electron chi connectivity index (χ4n) is 2.61. The lowest BCUT2D eigenvalue weighted by atomic mass is 9.77. The molecular weight excluding hydrogens is 299 g/mol. The van der Waals surface area contributed by atoms with Crippen LogP contribution in [-0.2, 0) is 5.54 Å². The maximum Gasteiger partial charge on any atom is 0.297 e. The van der Waals surface area contributed by atoms with Gasteiger partial charge in [0.05, 0.1) is 11.2 Å². The molecule has 23 heavy (non-hydrogen) atoms. The Kier molecular flexibility index (Phi) is 3.02. The molecule has 7 nitrogen and oxygen atoms in total. The highest BCUT2D eigenvalue weighted by Gasteiger charge is 2.39. The zero-order valence-electron chi connectivity index (χ0n) is 12.5. The van der Waals surface area contributed by atoms with Crippen molar-refractivity contribution >= 4 is 0 Å². The second-order valence-electron chi connectivity index (χ2n) is 5.80. The summed E-state index contributed by atoms with van der Waals surface area (Å²) >= 11 is 0. The molecule has 118 valence electrons. The molecule has 2 heterocycles. The molecule has 0 aliphatic heterocycles. The fraction of sp³-hybridized carbons (Fsp3) is 0.333. The lowest BCUT2D eigenvalue weighted by Gasteiger charge is -2.34. The number of nitrogens with two attached hydrogens (primary N) is 1. The summed E-state index contributed by atoms with van der Waals surface area (Å²) in [4.78, 5) is 8.68. The Morgan fingerprint density at radius 3 is 2.61 bits per heavy atom. The quantitative estimate of drug-likeness (QED) is 0.795. The van der Waals surface area contributed by atoms with Crippen LogP contribution in [0.1, 0.15) is 30.9 Å². The number of nitrogens with zero attached hydrogens (tertiary/aromatic N) is 5. The molecule has 0 saturated heterocycles. The summed E-state index contributed by atoms with van der Waals surface area (Å²) in [5.74, 6) is 1.39. The van der Waals surface area contributed by atoms with Crippen LogP contribution in [0, 0.1) is 12.7 Å². The number of aromatic nitrogens is 5. The number of benzene rings is 1. The second-order valence-corrected chi connectivity index (χ2v) is 5.80. The van der Waals surface area contributed by atoms with Crippen molar-refractivity contribution in [3.63, 3.8) is 0 Å². The summed E-state index contributed by atoms with van der Waals surface area (Å²) < 4.78 is 19.9. The van der Waals surface area contributed by atoms with Crippen molar-refractivity contribution in [3.8, 4) is 17.4 Å². The van der Waals surface area contributed by atoms with Crippen molar-refractivity contribution in [2.75, 3.05) is 0 Å². The van der Waals surface area contributed by atoms with Crippen LogP contribution >= 0.6 is 0 Å². The zero-order chi connectivity index (χ0) is 16.0. The van der Waals surface area contributed by atoms with Crippen LogP contribution in [0.4, 0.5) is 4.39 Å². The van der Waals surface area contributed by atoms with Crippen LogP contribution in [0.2, 0.25) is 0 Å². The Morgan fingerprint density at radius 1 is 1.22 bits per heavy atom. The van der Waals surface area contributed by atoms with Gasteiger partial charge in [-0.3, -0.25) is 0 Å². The van der Waals surface area contributed by atoms with Gasteiger partial charge in [-0.25, -0.2) is 14.1 Å². The van der Waals surface area contributed by atoms with Gasteiger partial charge in [0.15, 0.2) is 5.82 Å². The minimum absolute atomic E-state index is 0.237. The van der Waals surface area contributed by atoms with E-state index in [0.717, 1.165) is 19.3 Å². The number of halogens is 1. The third-order valence-corrected chi connectivity index (χ3v) is 4.15. The molecule has 1 fully saturated rings. The first-order valence-electron chi connectivity index (χ1n) is 7.38. The molecule has 0 unspecified atom stereocenters. The molecule has 0 bridgehead atoms. The first-order chi connectivity index (χ1) is 11.0. The van der Waals surface area contributed by atoms with Gasteiger partial charge in [-0.2, -0.15) is 4.98 Å². The molecule has 1 saturated carbocycles. The molecule has 4 rings (SSSR count). The van der Waals surface area contributed by atoms with Gasteiger partial charge in [-0.05, 0) is 50.5 Å². The average molecular weight is 314 g/mol. The summed E-state index contributed by atoms with van der Waals surface area (Å²) in [6.07, 6.45) is 2.77. The normalized spacial score (nSPS) is 16.3. The molecule has 3 aromatic rings. The minimum atomic E-state index is -0.490. The Morgan fingerprint density at radius 2 is 1.96 bits per heavy atom. The predicted octanol–water partition coefficient (Wildman–Crippen LogP) is 2.10. The second kappa shape index (κ2) is 4.95. The van der Waals surface area contributed by atoms with E-state index in [1.165, 1.54) is 12.1 Å². The maximum absolute atomic E-state index is 13.0. The molecule has 0 amide bonds. The van der Waals surface area contributed by atoms with E-state index in [9.17, 15) is 4.39 Å². The van der Waals surface area contributed by atoms with Gasteiger partial charge in [-0.1, -0.05) is 5.16 Å². The summed E-state index contributed by atoms with van der Waals surface area (Å²) in [5, 5.41) is 8.32. The van der Waals surface area contributed by atoms with E-state index >= 15 is 0 Å². The van der Waals surface area contributed by atoms with Gasteiger partial charge in [0.25, 0.3) is 5.89 Å². The maximum atomic E-state index is 13.0. The lowest BCUT2D eigenvalue weighted by Crippen LogP contribution is -2.44. The van der Waals surface area contributed by atoms with Crippen molar-refractivity contribution in [3.05, 3.63) is 41.7 Å². The molecule has 8 heteroatoms. The van der Waals surface area contributed by atoms with Crippen LogP contribution in [0.25, 0.3) is 17.4 Å². The summed E-state index contributed by atoms with van der Waals surface area (Å²) in [6.45, 7) is 1.80. The molecule has 2 N–H and O–H groups in total. The highest BCUT2D eigenvalue weighted by Crippen LogP contribution is 2.37. The molecule has 2 aromatic heterocycles. The number of aryl methyl sites for hydroxylation is 1. The number of rotatable bonds is 3. The molecule has 1 aliphatic rings. The first-order valence-corrected chi connectivity index (χ1v) is 7.38. The monoisotopic (exact) mass is 314 g/mol. The Hall–Kier alpha value is -2.61. The van der Waals surface area contributed by atoms with Crippen molar-refractivity contribution in [1.82, 2.24) is 24.9 Å². The van der Waals surface area contributed by atoms with E-state index in [2.05, 4.69) is 20.2 Å². The van der Waals surface area contributed by atoms with Crippen molar-refractivity contribution in [2.45, 2.75) is 31.7 Å². The number of hydrogen-bond donors (Lipinski definition) is 1. The molecule has 0 spiro atoms. The van der Waals surface area contributed by atoms with E-state index in [4.69, 9.17) is 10.3 Å². The molecule has 1 aromatic carbocycles. The largest absolute Gasteiger partial charge is 0.330 e. The van der Waals surface area contributed by atoms with Crippen LogP contribution in [-0.4, -0.2) is 24.9 Å². The van der Waals surface area contributed by atoms with E-state index in [1.807, 2.05) is 0 Å². The van der Waals surface area contributed by atoms with E-state index < -0.39 is 5.54 Å². The van der Waals surface area contributed by atoms with E-state index in [0.29, 0.717) is 23.2 Å². The predicted molar refractivity (Wildman–Crippen MR) is 79.1 cm³/mol. The molecule has 1 aliphatic carbocycles. The van der Waals surface area contributed by atoms with Crippen LogP contribution in [0.3, 0.4) is 0 Å². The van der Waals surface area contributed by atoms with Crippen molar-refractivity contribution in [1.29, 1.82) is 0 Å². The standard InChI is InChI=1S/C15H15FN6O/c1-9-18-12(20-22(9)11-5-3-10(16)4-6-11)13-19-14(21-23-13)15(17)7-2-8-15/h3-6H,2,7-8,17H2,1H3. The fourth-order valence-corrected chi connectivity index (χ4v) is 2.61. The Labute approximate surface area is 131 Å². The molecular formula is C15H15FN6O. The van der Waals surface area contributed by atoms with E-state index in [-0.39, 0.29) is 11.7 Å². The summed E-state index contributed by atoms with van der Waals surface area (Å²) in [7, 11) is 0. The van der Waals surface area contributed by atoms with Gasteiger partial charge in [0.1, 0.15) is 11.6 Å². The van der Waals surface area contributed by atoms with Crippen LogP contribution in [0.15, 0.2) is 28.8 Å². The lowest BCUT2D eigenvalue weighted by molar-refractivity contribution is 0.229. The molecule has 0 atom stereocenters. The Bertz CT molecular complexity index is 849. The highest BCUT2D eigenvalue weighted by molar-refractivity contribution is 5.42. The third-order valence-electron chi connectivity index (χ3n) is 4.15. The van der Waals surface area contributed by atoms with E-state index in [1.54, 1.807) is 23.7 Å². The molecule has 0 radical (unpaired) electrons. The Balaban J connectivity index is 1.68. The van der Waals surface area contributed by atoms with Crippen LogP contribution < -0.4 is 5.73 Å². The van der Waals surface area contributed by atoms with Crippen molar-refractivity contribution < 1.29 is 8.91 Å². The van der Waals surface area contributed by atoms with Gasteiger partial charge in [0.2, 0.25) is 5.82 Å². The van der Waals surface area contributed by atoms with Gasteiger partial charge in [0, 0.05) is 0 Å². The smallest absolute Gasteiger partial charge is 0.297 e. The highest BCUT2D eigenvalue weighted by atomic mass is 19.1. The van der Waals surface area contributed by atoms with Gasteiger partial charge >= 0.3 is 0 Å². The first kappa shape index (κ1) is 14.0.